The number of nitrogens with two attached hydrogens (primary N) is 1. The van der Waals surface area contributed by atoms with Crippen LogP contribution in [0.4, 0.5) is 10.2 Å². The van der Waals surface area contributed by atoms with Gasteiger partial charge in [0.05, 0.1) is 5.52 Å². The van der Waals surface area contributed by atoms with E-state index in [2.05, 4.69) is 15.2 Å². The van der Waals surface area contributed by atoms with Gasteiger partial charge in [-0.3, -0.25) is 0 Å². The Balaban J connectivity index is 2.67. The van der Waals surface area contributed by atoms with E-state index in [0.717, 1.165) is 0 Å². The first-order chi connectivity index (χ1) is 7.27. The second-order valence-electron chi connectivity index (χ2n) is 3.12. The van der Waals surface area contributed by atoms with Gasteiger partial charge in [-0.2, -0.15) is 9.37 Å². The van der Waals surface area contributed by atoms with Gasteiger partial charge in [0.2, 0.25) is 0 Å². The maximum absolute atomic E-state index is 13.3. The molecule has 15 heavy (non-hydrogen) atoms. The molecule has 0 aliphatic carbocycles. The fourth-order valence-corrected chi connectivity index (χ4v) is 1.59. The Hall–Kier alpha value is -2.24. The van der Waals surface area contributed by atoms with Crippen molar-refractivity contribution in [3.63, 3.8) is 0 Å². The maximum atomic E-state index is 13.3. The summed E-state index contributed by atoms with van der Waals surface area (Å²) in [5, 5.41) is 7.58. The van der Waals surface area contributed by atoms with Crippen molar-refractivity contribution in [1.82, 2.24) is 19.6 Å². The summed E-state index contributed by atoms with van der Waals surface area (Å²) >= 11 is 0. The Morgan fingerprint density at radius 3 is 2.87 bits per heavy atom. The molecule has 3 aromatic rings. The van der Waals surface area contributed by atoms with E-state index >= 15 is 0 Å². The van der Waals surface area contributed by atoms with Crippen LogP contribution >= 0.6 is 0 Å². The molecular weight excluding hydrogens is 197 g/mol. The van der Waals surface area contributed by atoms with Crippen molar-refractivity contribution in [2.75, 3.05) is 5.73 Å². The number of para-hydroxylation sites is 1. The van der Waals surface area contributed by atoms with Crippen molar-refractivity contribution in [3.8, 4) is 0 Å². The Bertz CT molecular complexity index is 660. The van der Waals surface area contributed by atoms with Crippen LogP contribution in [0.2, 0.25) is 0 Å². The molecule has 74 valence electrons. The Kier molecular flexibility index (Phi) is 1.42. The average Bonchev–Trinajstić information content (AvgIpc) is 2.61. The molecule has 0 saturated carbocycles. The van der Waals surface area contributed by atoms with Gasteiger partial charge < -0.3 is 5.73 Å². The van der Waals surface area contributed by atoms with E-state index in [1.807, 2.05) is 6.07 Å². The second kappa shape index (κ2) is 2.63. The van der Waals surface area contributed by atoms with Crippen LogP contribution in [0.5, 0.6) is 0 Å². The van der Waals surface area contributed by atoms with E-state index in [4.69, 9.17) is 5.73 Å². The highest BCUT2D eigenvalue weighted by molar-refractivity contribution is 5.89. The van der Waals surface area contributed by atoms with Crippen molar-refractivity contribution in [1.29, 1.82) is 0 Å². The Morgan fingerprint density at radius 1 is 1.20 bits per heavy atom. The van der Waals surface area contributed by atoms with Gasteiger partial charge in [0, 0.05) is 5.39 Å². The molecule has 5 nitrogen and oxygen atoms in total. The third kappa shape index (κ3) is 0.983. The highest BCUT2D eigenvalue weighted by atomic mass is 19.1. The standard InChI is InChI=1S/C9H6FN5/c10-8-13-14-9-12-7(11)5-3-1-2-4-6(5)15(8)9/h1-4H,(H2,11,12,14). The van der Waals surface area contributed by atoms with E-state index in [9.17, 15) is 4.39 Å². The minimum absolute atomic E-state index is 0.170. The summed E-state index contributed by atoms with van der Waals surface area (Å²) in [4.78, 5) is 3.95. The molecule has 0 atom stereocenters. The van der Waals surface area contributed by atoms with E-state index in [1.165, 1.54) is 4.40 Å². The smallest absolute Gasteiger partial charge is 0.315 e. The summed E-state index contributed by atoms with van der Waals surface area (Å²) in [5.41, 5.74) is 6.33. The lowest BCUT2D eigenvalue weighted by atomic mass is 10.2. The van der Waals surface area contributed by atoms with Gasteiger partial charge >= 0.3 is 6.08 Å². The Labute approximate surface area is 83.4 Å². The van der Waals surface area contributed by atoms with E-state index in [-0.39, 0.29) is 5.78 Å². The van der Waals surface area contributed by atoms with Gasteiger partial charge in [-0.15, -0.1) is 5.10 Å². The highest BCUT2D eigenvalue weighted by Gasteiger charge is 2.11. The molecule has 0 amide bonds. The lowest BCUT2D eigenvalue weighted by molar-refractivity contribution is 0.532. The van der Waals surface area contributed by atoms with Crippen molar-refractivity contribution in [3.05, 3.63) is 30.3 Å². The minimum Gasteiger partial charge on any atom is -0.383 e. The van der Waals surface area contributed by atoms with E-state index in [0.29, 0.717) is 16.7 Å². The fraction of sp³-hybridized carbons (Fsp3) is 0. The van der Waals surface area contributed by atoms with Crippen LogP contribution in [0.25, 0.3) is 16.7 Å². The van der Waals surface area contributed by atoms with Crippen LogP contribution in [0.1, 0.15) is 0 Å². The largest absolute Gasteiger partial charge is 0.383 e. The molecule has 0 aliphatic heterocycles. The van der Waals surface area contributed by atoms with Crippen LogP contribution in [-0.2, 0) is 0 Å². The second-order valence-corrected chi connectivity index (χ2v) is 3.12. The van der Waals surface area contributed by atoms with Crippen molar-refractivity contribution in [2.24, 2.45) is 0 Å². The van der Waals surface area contributed by atoms with Crippen LogP contribution in [0.15, 0.2) is 24.3 Å². The number of nitrogens with zero attached hydrogens (tertiary/aromatic N) is 4. The summed E-state index contributed by atoms with van der Waals surface area (Å²) in [5.74, 6) is 0.495. The zero-order valence-electron chi connectivity index (χ0n) is 7.55. The lowest BCUT2D eigenvalue weighted by Gasteiger charge is -2.02. The zero-order chi connectivity index (χ0) is 10.4. The van der Waals surface area contributed by atoms with Gasteiger partial charge in [0.15, 0.2) is 0 Å². The number of anilines is 1. The molecule has 0 spiro atoms. The number of halogens is 1. The summed E-state index contributed by atoms with van der Waals surface area (Å²) in [7, 11) is 0. The molecule has 0 aliphatic rings. The summed E-state index contributed by atoms with van der Waals surface area (Å²) < 4.78 is 14.5. The molecule has 0 unspecified atom stereocenters. The van der Waals surface area contributed by atoms with Gasteiger partial charge in [-0.1, -0.05) is 17.2 Å². The zero-order valence-corrected chi connectivity index (χ0v) is 7.55. The van der Waals surface area contributed by atoms with Crippen LogP contribution < -0.4 is 5.73 Å². The van der Waals surface area contributed by atoms with E-state index < -0.39 is 6.08 Å². The Morgan fingerprint density at radius 2 is 2.00 bits per heavy atom. The molecular formula is C9H6FN5. The number of aromatic nitrogens is 4. The molecule has 2 aromatic heterocycles. The van der Waals surface area contributed by atoms with Crippen molar-refractivity contribution < 1.29 is 4.39 Å². The minimum atomic E-state index is -0.686. The molecule has 2 N–H and O–H groups in total. The van der Waals surface area contributed by atoms with Gasteiger partial charge in [0.25, 0.3) is 5.78 Å². The van der Waals surface area contributed by atoms with Crippen LogP contribution in [0, 0.1) is 6.08 Å². The van der Waals surface area contributed by atoms with E-state index in [1.54, 1.807) is 18.2 Å². The maximum Gasteiger partial charge on any atom is 0.315 e. The summed E-state index contributed by atoms with van der Waals surface area (Å²) in [6.07, 6.45) is -0.686. The molecule has 3 rings (SSSR count). The monoisotopic (exact) mass is 203 g/mol. The van der Waals surface area contributed by atoms with Gasteiger partial charge in [-0.25, -0.2) is 4.40 Å². The molecule has 1 aromatic carbocycles. The topological polar surface area (TPSA) is 69.1 Å². The van der Waals surface area contributed by atoms with Crippen LogP contribution in [-0.4, -0.2) is 19.6 Å². The number of rotatable bonds is 0. The predicted molar refractivity (Wildman–Crippen MR) is 52.7 cm³/mol. The number of nitrogen functional groups attached to an aromatic ring is 1. The van der Waals surface area contributed by atoms with Gasteiger partial charge in [-0.05, 0) is 12.1 Å². The lowest BCUT2D eigenvalue weighted by Crippen LogP contribution is -1.99. The first kappa shape index (κ1) is 8.10. The SMILES string of the molecule is Nc1nc2nnc(F)n2c2ccccc12. The summed E-state index contributed by atoms with van der Waals surface area (Å²) in [6.45, 7) is 0. The number of hydrogen-bond acceptors (Lipinski definition) is 4. The highest BCUT2D eigenvalue weighted by Crippen LogP contribution is 2.20. The van der Waals surface area contributed by atoms with Crippen molar-refractivity contribution >= 4 is 22.5 Å². The number of benzene rings is 1. The summed E-state index contributed by atoms with van der Waals surface area (Å²) in [6, 6.07) is 7.12. The molecule has 0 radical (unpaired) electrons. The fourth-order valence-electron chi connectivity index (χ4n) is 1.59. The quantitative estimate of drug-likeness (QED) is 0.591. The first-order valence-electron chi connectivity index (χ1n) is 4.32. The number of hydrogen-bond donors (Lipinski definition) is 1. The van der Waals surface area contributed by atoms with Crippen LogP contribution in [0.3, 0.4) is 0 Å². The first-order valence-corrected chi connectivity index (χ1v) is 4.32. The van der Waals surface area contributed by atoms with Crippen molar-refractivity contribution in [2.45, 2.75) is 0 Å². The number of fused-ring (bicyclic) bond motifs is 3. The normalized spacial score (nSPS) is 11.3. The molecule has 2 heterocycles. The third-order valence-corrected chi connectivity index (χ3v) is 2.25. The predicted octanol–water partition coefficient (Wildman–Crippen LogP) is 0.999. The van der Waals surface area contributed by atoms with Gasteiger partial charge in [0.1, 0.15) is 5.82 Å². The average molecular weight is 203 g/mol. The molecule has 0 bridgehead atoms. The third-order valence-electron chi connectivity index (χ3n) is 2.25. The molecule has 0 fully saturated rings. The molecule has 6 heteroatoms. The molecule has 0 saturated heterocycles.